The molecule has 1 aliphatic rings. The summed E-state index contributed by atoms with van der Waals surface area (Å²) >= 11 is 0. The highest BCUT2D eigenvalue weighted by Crippen LogP contribution is 2.45. The summed E-state index contributed by atoms with van der Waals surface area (Å²) in [6.45, 7) is 5.78. The molecule has 0 spiro atoms. The summed E-state index contributed by atoms with van der Waals surface area (Å²) in [5.41, 5.74) is 4.14. The maximum Gasteiger partial charge on any atom is 0.174 e. The van der Waals surface area contributed by atoms with Crippen molar-refractivity contribution < 1.29 is 19.7 Å². The second-order valence-corrected chi connectivity index (χ2v) is 8.56. The van der Waals surface area contributed by atoms with Crippen molar-refractivity contribution >= 4 is 5.78 Å². The predicted octanol–water partition coefficient (Wildman–Crippen LogP) is 6.46. The van der Waals surface area contributed by atoms with Crippen LogP contribution < -0.4 is 4.74 Å². The van der Waals surface area contributed by atoms with Crippen molar-refractivity contribution in [2.75, 3.05) is 7.11 Å². The van der Waals surface area contributed by atoms with Gasteiger partial charge < -0.3 is 14.9 Å². The molecule has 164 valence electrons. The third-order valence-electron chi connectivity index (χ3n) is 6.17. The summed E-state index contributed by atoms with van der Waals surface area (Å²) in [6.07, 6.45) is 7.81. The number of phenolic OH excluding ortho intramolecular Hbond substituents is 2. The molecular formula is C27H32O4. The molecule has 2 aromatic rings. The minimum absolute atomic E-state index is 0.0270. The van der Waals surface area contributed by atoms with Gasteiger partial charge in [0.25, 0.3) is 0 Å². The molecule has 31 heavy (non-hydrogen) atoms. The van der Waals surface area contributed by atoms with Crippen molar-refractivity contribution in [1.29, 1.82) is 0 Å². The lowest BCUT2D eigenvalue weighted by molar-refractivity contribution is 0.0887. The van der Waals surface area contributed by atoms with Gasteiger partial charge in [0.2, 0.25) is 0 Å². The molecule has 4 heteroatoms. The maximum atomic E-state index is 13.8. The van der Waals surface area contributed by atoms with Gasteiger partial charge in [0, 0.05) is 17.5 Å². The molecule has 2 N–H and O–H groups in total. The van der Waals surface area contributed by atoms with Crippen molar-refractivity contribution in [2.45, 2.75) is 52.4 Å². The molecule has 2 aromatic carbocycles. The van der Waals surface area contributed by atoms with E-state index in [4.69, 9.17) is 4.74 Å². The first-order valence-electron chi connectivity index (χ1n) is 10.8. The zero-order valence-corrected chi connectivity index (χ0v) is 18.8. The fraction of sp³-hybridized carbons (Fsp3) is 0.370. The zero-order valence-electron chi connectivity index (χ0n) is 18.8. The molecule has 0 saturated carbocycles. The number of ether oxygens (including phenoxy) is 1. The minimum Gasteiger partial charge on any atom is -0.507 e. The normalized spacial score (nSPS) is 18.3. The quantitative estimate of drug-likeness (QED) is 0.398. The van der Waals surface area contributed by atoms with Gasteiger partial charge in [0.1, 0.15) is 22.8 Å². The van der Waals surface area contributed by atoms with Crippen molar-refractivity contribution in [1.82, 2.24) is 0 Å². The Morgan fingerprint density at radius 2 is 1.90 bits per heavy atom. The molecule has 3 rings (SSSR count). The number of methoxy groups -OCH3 is 1. The molecule has 0 bridgehead atoms. The molecular weight excluding hydrogens is 388 g/mol. The van der Waals surface area contributed by atoms with Crippen molar-refractivity contribution in [3.8, 4) is 17.2 Å². The number of ketones is 1. The van der Waals surface area contributed by atoms with E-state index in [-0.39, 0.29) is 46.0 Å². The number of benzene rings is 2. The maximum absolute atomic E-state index is 13.8. The van der Waals surface area contributed by atoms with E-state index < -0.39 is 0 Å². The van der Waals surface area contributed by atoms with Gasteiger partial charge in [-0.25, -0.2) is 0 Å². The van der Waals surface area contributed by atoms with Crippen LogP contribution >= 0.6 is 0 Å². The van der Waals surface area contributed by atoms with E-state index in [2.05, 4.69) is 38.1 Å². The van der Waals surface area contributed by atoms with Gasteiger partial charge in [-0.1, -0.05) is 53.6 Å². The Balaban J connectivity index is 2.00. The Morgan fingerprint density at radius 3 is 2.55 bits per heavy atom. The average Bonchev–Trinajstić information content (AvgIpc) is 2.77. The van der Waals surface area contributed by atoms with Crippen LogP contribution in [0.2, 0.25) is 0 Å². The molecule has 0 aliphatic heterocycles. The second-order valence-electron chi connectivity index (χ2n) is 8.56. The van der Waals surface area contributed by atoms with Crippen LogP contribution in [0.4, 0.5) is 0 Å². The van der Waals surface area contributed by atoms with Crippen LogP contribution in [0, 0.1) is 12.8 Å². The highest BCUT2D eigenvalue weighted by molar-refractivity contribution is 6.04. The fourth-order valence-corrected chi connectivity index (χ4v) is 4.37. The van der Waals surface area contributed by atoms with Gasteiger partial charge in [0.05, 0.1) is 7.11 Å². The van der Waals surface area contributed by atoms with E-state index in [0.29, 0.717) is 6.42 Å². The number of phenols is 2. The smallest absolute Gasteiger partial charge is 0.174 e. The van der Waals surface area contributed by atoms with Gasteiger partial charge in [-0.2, -0.15) is 0 Å². The van der Waals surface area contributed by atoms with Gasteiger partial charge in [-0.3, -0.25) is 4.79 Å². The Labute approximate surface area is 184 Å². The molecule has 4 nitrogen and oxygen atoms in total. The van der Waals surface area contributed by atoms with Gasteiger partial charge >= 0.3 is 0 Å². The Kier molecular flexibility index (Phi) is 7.21. The first-order chi connectivity index (χ1) is 14.8. The molecule has 0 fully saturated rings. The van der Waals surface area contributed by atoms with Crippen molar-refractivity contribution in [2.24, 2.45) is 5.92 Å². The summed E-state index contributed by atoms with van der Waals surface area (Å²) in [5, 5.41) is 20.8. The van der Waals surface area contributed by atoms with E-state index in [1.165, 1.54) is 24.3 Å². The number of aromatic hydroxyl groups is 2. The highest BCUT2D eigenvalue weighted by atomic mass is 16.5. The SMILES string of the molecule is COc1cc(O)c(C)c(O)c1C(=O)C1CC(CCC=C(C)C)=CCC1c1ccccc1. The van der Waals surface area contributed by atoms with Crippen LogP contribution in [-0.4, -0.2) is 23.1 Å². The van der Waals surface area contributed by atoms with Crippen molar-refractivity contribution in [3.63, 3.8) is 0 Å². The molecule has 2 unspecified atom stereocenters. The minimum atomic E-state index is -0.308. The lowest BCUT2D eigenvalue weighted by Crippen LogP contribution is -2.26. The van der Waals surface area contributed by atoms with Crippen LogP contribution in [0.15, 0.2) is 59.7 Å². The number of hydrogen-bond donors (Lipinski definition) is 2. The number of rotatable bonds is 7. The molecule has 0 heterocycles. The zero-order chi connectivity index (χ0) is 22.5. The number of Topliss-reactive ketones (excluding diaryl/α,β-unsaturated/α-hetero) is 1. The molecule has 0 amide bonds. The van der Waals surface area contributed by atoms with Crippen LogP contribution in [0.1, 0.15) is 66.9 Å². The predicted molar refractivity (Wildman–Crippen MR) is 124 cm³/mol. The lowest BCUT2D eigenvalue weighted by atomic mass is 9.71. The summed E-state index contributed by atoms with van der Waals surface area (Å²) in [4.78, 5) is 13.8. The van der Waals surface area contributed by atoms with E-state index in [1.54, 1.807) is 6.92 Å². The van der Waals surface area contributed by atoms with Gasteiger partial charge in [-0.05, 0) is 57.9 Å². The Hall–Kier alpha value is -3.01. The average molecular weight is 421 g/mol. The van der Waals surface area contributed by atoms with Crippen LogP contribution in [-0.2, 0) is 0 Å². The van der Waals surface area contributed by atoms with Crippen LogP contribution in [0.3, 0.4) is 0 Å². The molecule has 1 aliphatic carbocycles. The van der Waals surface area contributed by atoms with Gasteiger partial charge in [0.15, 0.2) is 5.78 Å². The number of allylic oxidation sites excluding steroid dienone is 4. The van der Waals surface area contributed by atoms with E-state index in [0.717, 1.165) is 24.8 Å². The third-order valence-corrected chi connectivity index (χ3v) is 6.17. The molecule has 2 atom stereocenters. The fourth-order valence-electron chi connectivity index (χ4n) is 4.37. The Bertz CT molecular complexity index is 998. The summed E-state index contributed by atoms with van der Waals surface area (Å²) < 4.78 is 5.37. The summed E-state index contributed by atoms with van der Waals surface area (Å²) in [5.74, 6) is -0.500. The van der Waals surface area contributed by atoms with E-state index >= 15 is 0 Å². The summed E-state index contributed by atoms with van der Waals surface area (Å²) in [7, 11) is 1.45. The Morgan fingerprint density at radius 1 is 1.19 bits per heavy atom. The van der Waals surface area contributed by atoms with E-state index in [1.807, 2.05) is 18.2 Å². The molecule has 0 aromatic heterocycles. The monoisotopic (exact) mass is 420 g/mol. The second kappa shape index (κ2) is 9.86. The summed E-state index contributed by atoms with van der Waals surface area (Å²) in [6, 6.07) is 11.5. The van der Waals surface area contributed by atoms with Crippen LogP contribution in [0.5, 0.6) is 17.2 Å². The van der Waals surface area contributed by atoms with Crippen molar-refractivity contribution in [3.05, 3.63) is 76.4 Å². The van der Waals surface area contributed by atoms with Crippen LogP contribution in [0.25, 0.3) is 0 Å². The van der Waals surface area contributed by atoms with Gasteiger partial charge in [-0.15, -0.1) is 0 Å². The largest absolute Gasteiger partial charge is 0.507 e. The topological polar surface area (TPSA) is 66.8 Å². The highest BCUT2D eigenvalue weighted by Gasteiger charge is 2.36. The third kappa shape index (κ3) is 5.01. The first-order valence-corrected chi connectivity index (χ1v) is 10.8. The molecule has 0 saturated heterocycles. The first kappa shape index (κ1) is 22.7. The van der Waals surface area contributed by atoms with E-state index in [9.17, 15) is 15.0 Å². The lowest BCUT2D eigenvalue weighted by Gasteiger charge is -2.31. The number of carbonyl (C=O) groups excluding carboxylic acids is 1. The standard InChI is InChI=1S/C27H32O4/c1-17(2)9-8-10-19-13-14-21(20-11-6-5-7-12-20)22(15-19)27(30)25-24(31-4)16-23(28)18(3)26(25)29/h5-7,9,11-13,16,21-22,28-29H,8,10,14-15H2,1-4H3. The number of hydrogen-bond acceptors (Lipinski definition) is 4. The molecule has 0 radical (unpaired) electrons. The number of carbonyl (C=O) groups is 1.